The Morgan fingerprint density at radius 1 is 0.324 bits per heavy atom. The molecule has 5 heterocycles. The van der Waals surface area contributed by atoms with E-state index < -0.39 is 0 Å². The average molecular weight is 597 g/mol. The Kier molecular flexibility index (Phi) is 10.4. The maximum Gasteiger partial charge on any atom is 0.0605 e. The fourth-order valence-electron chi connectivity index (χ4n) is 3.57. The lowest BCUT2D eigenvalue weighted by atomic mass is 10.3. The Labute approximate surface area is 236 Å². The summed E-state index contributed by atoms with van der Waals surface area (Å²) in [5.74, 6) is 4.94. The molecule has 0 fully saturated rings. The van der Waals surface area contributed by atoms with Crippen LogP contribution in [0.25, 0.3) is 19.5 Å². The van der Waals surface area contributed by atoms with E-state index in [0.29, 0.717) is 0 Å². The Balaban J connectivity index is 1.18. The minimum Gasteiger partial charge on any atom is -0.128 e. The van der Waals surface area contributed by atoms with Crippen LogP contribution >= 0.6 is 92.4 Å². The molecule has 4 aromatic rings. The van der Waals surface area contributed by atoms with Crippen molar-refractivity contribution in [1.82, 2.24) is 0 Å². The van der Waals surface area contributed by atoms with E-state index in [-0.39, 0.29) is 0 Å². The summed E-state index contributed by atoms with van der Waals surface area (Å²) in [5.41, 5.74) is 0. The van der Waals surface area contributed by atoms with Crippen LogP contribution in [-0.4, -0.2) is 23.0 Å². The zero-order chi connectivity index (χ0) is 23.0. The number of hydrogen-bond acceptors (Lipinski definition) is 8. The van der Waals surface area contributed by atoms with Crippen molar-refractivity contribution in [2.75, 3.05) is 23.0 Å². The van der Waals surface area contributed by atoms with Gasteiger partial charge in [0.25, 0.3) is 0 Å². The molecule has 0 N–H and O–H groups in total. The number of fused-ring (bicyclic) bond motifs is 10. The van der Waals surface area contributed by atoms with Gasteiger partial charge in [0.15, 0.2) is 0 Å². The number of rotatable bonds is 0. The van der Waals surface area contributed by atoms with E-state index in [0.717, 1.165) is 0 Å². The largest absolute Gasteiger partial charge is 0.128 e. The zero-order valence-corrected chi connectivity index (χ0v) is 25.5. The first-order valence-electron chi connectivity index (χ1n) is 11.7. The van der Waals surface area contributed by atoms with E-state index in [9.17, 15) is 0 Å². The van der Waals surface area contributed by atoms with Gasteiger partial charge in [-0.25, -0.2) is 0 Å². The topological polar surface area (TPSA) is 0 Å². The predicted octanol–water partition coefficient (Wildman–Crippen LogP) is 11.7. The van der Waals surface area contributed by atoms with Crippen molar-refractivity contribution in [3.8, 4) is 19.5 Å². The summed E-state index contributed by atoms with van der Waals surface area (Å²) in [5, 5.41) is 0. The van der Waals surface area contributed by atoms with Crippen molar-refractivity contribution in [1.29, 1.82) is 0 Å². The second-order valence-corrected chi connectivity index (χ2v) is 17.9. The molecule has 1 aliphatic heterocycles. The highest BCUT2D eigenvalue weighted by atomic mass is 32.2. The Morgan fingerprint density at radius 3 is 0.853 bits per heavy atom. The van der Waals surface area contributed by atoms with Gasteiger partial charge in [-0.05, 0) is 97.2 Å². The molecule has 0 spiro atoms. The van der Waals surface area contributed by atoms with E-state index in [2.05, 4.69) is 48.5 Å². The van der Waals surface area contributed by atoms with Gasteiger partial charge in [-0.2, -0.15) is 0 Å². The molecule has 0 saturated heterocycles. The lowest BCUT2D eigenvalue weighted by Gasteiger charge is -2.01. The van der Waals surface area contributed by atoms with Gasteiger partial charge in [0.2, 0.25) is 0 Å². The van der Waals surface area contributed by atoms with Crippen LogP contribution in [0.1, 0.15) is 38.5 Å². The van der Waals surface area contributed by atoms with Crippen LogP contribution in [0.2, 0.25) is 0 Å². The quantitative estimate of drug-likeness (QED) is 0.198. The Hall–Kier alpha value is 0.200. The van der Waals surface area contributed by atoms with E-state index >= 15 is 0 Å². The van der Waals surface area contributed by atoms with Crippen LogP contribution in [0.15, 0.2) is 65.4 Å². The molecule has 5 rings (SSSR count). The van der Waals surface area contributed by atoms with Crippen molar-refractivity contribution in [2.24, 2.45) is 0 Å². The normalized spacial score (nSPS) is 16.9. The molecule has 0 amide bonds. The van der Waals surface area contributed by atoms with Gasteiger partial charge < -0.3 is 0 Å². The Morgan fingerprint density at radius 2 is 0.588 bits per heavy atom. The van der Waals surface area contributed by atoms with Crippen LogP contribution in [0.4, 0.5) is 0 Å². The van der Waals surface area contributed by atoms with Gasteiger partial charge in [-0.15, -0.1) is 92.4 Å². The molecule has 4 aromatic heterocycles. The average Bonchev–Trinajstić information content (AvgIpc) is 3.64. The summed E-state index contributed by atoms with van der Waals surface area (Å²) >= 11 is 16.0. The second-order valence-electron chi connectivity index (χ2n) is 7.99. The molecule has 0 radical (unpaired) electrons. The first-order valence-corrected chi connectivity index (χ1v) is 19.0. The Bertz CT molecular complexity index is 968. The molecule has 0 saturated carbocycles. The van der Waals surface area contributed by atoms with E-state index in [1.165, 1.54) is 97.9 Å². The van der Waals surface area contributed by atoms with Gasteiger partial charge in [0.05, 0.1) is 16.8 Å². The smallest absolute Gasteiger partial charge is 0.0605 e. The minimum absolute atomic E-state index is 1.23. The summed E-state index contributed by atoms with van der Waals surface area (Å²) in [6, 6.07) is 18.6. The molecule has 34 heavy (non-hydrogen) atoms. The van der Waals surface area contributed by atoms with E-state index in [4.69, 9.17) is 0 Å². The lowest BCUT2D eigenvalue weighted by molar-refractivity contribution is 0.786. The van der Waals surface area contributed by atoms with Crippen molar-refractivity contribution in [2.45, 2.75) is 55.4 Å². The summed E-state index contributed by atoms with van der Waals surface area (Å²) in [4.78, 5) is 5.73. The summed E-state index contributed by atoms with van der Waals surface area (Å²) < 4.78 is 5.87. The lowest BCUT2D eigenvalue weighted by Crippen LogP contribution is -1.83. The molecule has 8 bridgehead atoms. The summed E-state index contributed by atoms with van der Waals surface area (Å²) in [6.45, 7) is 0. The molecule has 0 aromatic carbocycles. The van der Waals surface area contributed by atoms with Crippen molar-refractivity contribution in [3.63, 3.8) is 0 Å². The van der Waals surface area contributed by atoms with Gasteiger partial charge in [0, 0.05) is 19.5 Å². The van der Waals surface area contributed by atoms with E-state index in [1.54, 1.807) is 0 Å². The molecule has 1 aliphatic rings. The standard InChI is InChI=1S/C26H28S8/c1-3-15-27-23-11-7-19(31-23)21-9-13-25(33-21)29-17-5-2-6-18-30-26-14-10-22(34-26)20-8-12-24(32-20)28-16-4-1/h7-14H,1-6,15-18H2. The fourth-order valence-corrected chi connectivity index (χ4v) is 12.6. The van der Waals surface area contributed by atoms with Gasteiger partial charge in [-0.3, -0.25) is 0 Å². The summed E-state index contributed by atoms with van der Waals surface area (Å²) in [6.07, 6.45) is 7.89. The fraction of sp³-hybridized carbons (Fsp3) is 0.385. The monoisotopic (exact) mass is 596 g/mol. The number of thioether (sulfide) groups is 4. The number of thiophene rings is 4. The van der Waals surface area contributed by atoms with Gasteiger partial charge in [0.1, 0.15) is 0 Å². The molecule has 180 valence electrons. The third-order valence-corrected chi connectivity index (χ3v) is 15.3. The van der Waals surface area contributed by atoms with Crippen LogP contribution in [0, 0.1) is 0 Å². The third kappa shape index (κ3) is 7.60. The van der Waals surface area contributed by atoms with Gasteiger partial charge >= 0.3 is 0 Å². The van der Waals surface area contributed by atoms with Gasteiger partial charge in [-0.1, -0.05) is 12.8 Å². The van der Waals surface area contributed by atoms with E-state index in [1.807, 2.05) is 92.4 Å². The third-order valence-electron chi connectivity index (χ3n) is 5.37. The van der Waals surface area contributed by atoms with Crippen molar-refractivity contribution >= 4 is 92.4 Å². The molecule has 0 unspecified atom stereocenters. The predicted molar refractivity (Wildman–Crippen MR) is 166 cm³/mol. The number of hydrogen-bond donors (Lipinski definition) is 0. The first kappa shape index (κ1) is 25.8. The minimum atomic E-state index is 1.23. The second kappa shape index (κ2) is 13.7. The highest BCUT2D eigenvalue weighted by molar-refractivity contribution is 8.02. The highest BCUT2D eigenvalue weighted by Crippen LogP contribution is 2.41. The molecular weight excluding hydrogens is 569 g/mol. The summed E-state index contributed by atoms with van der Waals surface area (Å²) in [7, 11) is 0. The highest BCUT2D eigenvalue weighted by Gasteiger charge is 2.09. The molecule has 0 nitrogen and oxygen atoms in total. The van der Waals surface area contributed by atoms with Crippen LogP contribution in [-0.2, 0) is 0 Å². The maximum absolute atomic E-state index is 2.32. The zero-order valence-electron chi connectivity index (χ0n) is 19.0. The SMILES string of the molecule is c1cc2sc1SCCCCCSc1ccc(s1)-c1ccc(s1)SCCCCCSc1ccc-2s1. The molecule has 0 aliphatic carbocycles. The first-order chi connectivity index (χ1) is 16.8. The van der Waals surface area contributed by atoms with Crippen LogP contribution in [0.5, 0.6) is 0 Å². The van der Waals surface area contributed by atoms with Crippen molar-refractivity contribution in [3.05, 3.63) is 48.5 Å². The molecule has 8 heteroatoms. The molecular formula is C26H28S8. The van der Waals surface area contributed by atoms with Crippen molar-refractivity contribution < 1.29 is 0 Å². The maximum atomic E-state index is 2.32. The molecule has 0 atom stereocenters. The van der Waals surface area contributed by atoms with Crippen LogP contribution < -0.4 is 0 Å². The van der Waals surface area contributed by atoms with Crippen LogP contribution in [0.3, 0.4) is 0 Å².